The fraction of sp³-hybridized carbons (Fsp3) is 0.359. The summed E-state index contributed by atoms with van der Waals surface area (Å²) >= 11 is 0. The predicted octanol–water partition coefficient (Wildman–Crippen LogP) is 3.35. The highest BCUT2D eigenvalue weighted by Gasteiger charge is 2.49. The van der Waals surface area contributed by atoms with Gasteiger partial charge in [-0.2, -0.15) is 4.57 Å². The van der Waals surface area contributed by atoms with Crippen LogP contribution < -0.4 is 9.88 Å². The van der Waals surface area contributed by atoms with Crippen LogP contribution in [0.5, 0.6) is 0 Å². The van der Waals surface area contributed by atoms with Crippen molar-refractivity contribution in [3.63, 3.8) is 0 Å². The van der Waals surface area contributed by atoms with Crippen molar-refractivity contribution in [3.8, 4) is 0 Å². The molecule has 0 fully saturated rings. The minimum atomic E-state index is -1.39. The minimum Gasteiger partial charge on any atom is -0.477 e. The van der Waals surface area contributed by atoms with E-state index in [0.717, 1.165) is 5.56 Å². The molecule has 1 unspecified atom stereocenters. The van der Waals surface area contributed by atoms with Crippen molar-refractivity contribution >= 4 is 41.1 Å². The molecule has 0 radical (unpaired) electrons. The summed E-state index contributed by atoms with van der Waals surface area (Å²) in [7, 11) is 1.30. The van der Waals surface area contributed by atoms with Gasteiger partial charge >= 0.3 is 5.97 Å². The van der Waals surface area contributed by atoms with Gasteiger partial charge in [-0.25, -0.2) is 9.79 Å². The van der Waals surface area contributed by atoms with Crippen molar-refractivity contribution in [2.45, 2.75) is 71.2 Å². The number of ether oxygens (including phenoxy) is 2. The van der Waals surface area contributed by atoms with Gasteiger partial charge in [-0.3, -0.25) is 24.1 Å². The number of methoxy groups -OCH3 is 1. The number of carbonyl (C=O) groups is 5. The van der Waals surface area contributed by atoms with E-state index in [-0.39, 0.29) is 48.4 Å². The van der Waals surface area contributed by atoms with E-state index in [1.54, 1.807) is 59.6 Å². The number of aromatic nitrogens is 1. The lowest BCUT2D eigenvalue weighted by atomic mass is 9.94. The molecule has 1 N–H and O–H groups in total. The summed E-state index contributed by atoms with van der Waals surface area (Å²) in [5.41, 5.74) is 1.32. The zero-order valence-corrected chi connectivity index (χ0v) is 29.7. The van der Waals surface area contributed by atoms with Gasteiger partial charge < -0.3 is 19.7 Å². The van der Waals surface area contributed by atoms with Crippen molar-refractivity contribution in [3.05, 3.63) is 108 Å². The topological polar surface area (TPSA) is 139 Å². The number of rotatable bonds is 12. The fourth-order valence-electron chi connectivity index (χ4n) is 6.09. The second kappa shape index (κ2) is 15.5. The molecule has 12 heteroatoms. The van der Waals surface area contributed by atoms with E-state index in [1.807, 2.05) is 64.1 Å². The molecular weight excluding hydrogens is 650 g/mol. The lowest BCUT2D eigenvalue weighted by molar-refractivity contribution is -0.685. The Morgan fingerprint density at radius 3 is 2.18 bits per heavy atom. The van der Waals surface area contributed by atoms with E-state index < -0.39 is 47.4 Å². The SMILES string of the molecule is COC(=O)C[n+]1ccc(C(=O)N2C=C(c3ccccc3)N([C@H](C(=O)NC(Cc3ccccc3)C(C)=O)C3=NC(C)(C)CO3)C(=O)[C@H]2C(C)C)cc1. The van der Waals surface area contributed by atoms with Crippen LogP contribution in [0.1, 0.15) is 56.1 Å². The third-order valence-corrected chi connectivity index (χ3v) is 8.74. The van der Waals surface area contributed by atoms with Gasteiger partial charge in [0.05, 0.1) is 30.0 Å². The van der Waals surface area contributed by atoms with E-state index in [9.17, 15) is 24.0 Å². The number of pyridine rings is 1. The molecule has 51 heavy (non-hydrogen) atoms. The first kappa shape index (κ1) is 36.6. The molecule has 5 rings (SSSR count). The summed E-state index contributed by atoms with van der Waals surface area (Å²) in [6.45, 7) is 8.94. The summed E-state index contributed by atoms with van der Waals surface area (Å²) < 4.78 is 12.4. The quantitative estimate of drug-likeness (QED) is 0.227. The Labute approximate surface area is 297 Å². The first-order valence-electron chi connectivity index (χ1n) is 16.9. The summed E-state index contributed by atoms with van der Waals surface area (Å²) in [5.74, 6) is -2.65. The van der Waals surface area contributed by atoms with Crippen LogP contribution >= 0.6 is 0 Å². The number of benzene rings is 2. The zero-order valence-electron chi connectivity index (χ0n) is 29.7. The Kier molecular flexibility index (Phi) is 11.1. The largest absolute Gasteiger partial charge is 0.477 e. The summed E-state index contributed by atoms with van der Waals surface area (Å²) in [5, 5.41) is 2.90. The smallest absolute Gasteiger partial charge is 0.372 e. The number of nitrogens with one attached hydrogen (secondary N) is 1. The summed E-state index contributed by atoms with van der Waals surface area (Å²) in [6.07, 6.45) is 5.02. The third-order valence-electron chi connectivity index (χ3n) is 8.74. The van der Waals surface area contributed by atoms with Gasteiger partial charge in [0.15, 0.2) is 24.2 Å². The van der Waals surface area contributed by atoms with Crippen LogP contribution in [-0.2, 0) is 41.6 Å². The van der Waals surface area contributed by atoms with Crippen LogP contribution in [-0.4, -0.2) is 82.6 Å². The summed E-state index contributed by atoms with van der Waals surface area (Å²) in [4.78, 5) is 75.9. The highest BCUT2D eigenvalue weighted by atomic mass is 16.5. The molecular formula is C39H44N5O7+. The first-order valence-corrected chi connectivity index (χ1v) is 16.9. The molecule has 0 aliphatic carbocycles. The molecule has 2 aliphatic rings. The van der Waals surface area contributed by atoms with Gasteiger partial charge in [-0.1, -0.05) is 74.5 Å². The number of hydrogen-bond acceptors (Lipinski definition) is 8. The number of esters is 1. The number of nitrogens with zero attached hydrogens (tertiary/aromatic N) is 4. The normalized spacial score (nSPS) is 17.9. The molecule has 3 heterocycles. The molecule has 3 aromatic rings. The molecule has 0 saturated heterocycles. The molecule has 3 amide bonds. The lowest BCUT2D eigenvalue weighted by Gasteiger charge is -2.43. The first-order chi connectivity index (χ1) is 24.3. The average molecular weight is 695 g/mol. The Hall–Kier alpha value is -5.65. The third kappa shape index (κ3) is 8.39. The molecule has 266 valence electrons. The molecule has 2 aromatic carbocycles. The highest BCUT2D eigenvalue weighted by Crippen LogP contribution is 2.34. The lowest BCUT2D eigenvalue weighted by Crippen LogP contribution is -2.62. The number of aliphatic imine (C=N–C) groups is 1. The Bertz CT molecular complexity index is 1840. The van der Waals surface area contributed by atoms with E-state index in [4.69, 9.17) is 14.5 Å². The average Bonchev–Trinajstić information content (AvgIpc) is 3.47. The summed E-state index contributed by atoms with van der Waals surface area (Å²) in [6, 6.07) is 18.2. The molecule has 0 saturated carbocycles. The predicted molar refractivity (Wildman–Crippen MR) is 189 cm³/mol. The number of hydrogen-bond donors (Lipinski definition) is 1. The van der Waals surface area contributed by atoms with Gasteiger partial charge in [0.2, 0.25) is 12.4 Å². The molecule has 0 spiro atoms. The van der Waals surface area contributed by atoms with Crippen LogP contribution in [0.4, 0.5) is 0 Å². The van der Waals surface area contributed by atoms with E-state index in [0.29, 0.717) is 5.56 Å². The second-order valence-corrected chi connectivity index (χ2v) is 13.6. The standard InChI is InChI=1S/C39H43N5O7/c1-25(2)33-38(49)44(34(36-41-39(4,5)24-51-36)35(47)40-30(26(3)45)21-27-13-9-7-10-14-27)31(28-15-11-8-12-16-28)22-43(33)37(48)29-17-19-42(20-18-29)23-32(46)50-6/h7-20,22,25,30,33-34H,21,23-24H2,1-6H3/p+1/t30?,33-,34-/m1/s1. The van der Waals surface area contributed by atoms with Crippen molar-refractivity contribution < 1.29 is 38.0 Å². The van der Waals surface area contributed by atoms with Crippen molar-refractivity contribution in [2.24, 2.45) is 10.9 Å². The van der Waals surface area contributed by atoms with Crippen molar-refractivity contribution in [1.29, 1.82) is 0 Å². The Morgan fingerprint density at radius 2 is 1.63 bits per heavy atom. The molecule has 2 aliphatic heterocycles. The fourth-order valence-corrected chi connectivity index (χ4v) is 6.09. The van der Waals surface area contributed by atoms with Crippen LogP contribution in [0, 0.1) is 5.92 Å². The Balaban J connectivity index is 1.61. The maximum Gasteiger partial charge on any atom is 0.372 e. The maximum atomic E-state index is 15.0. The van der Waals surface area contributed by atoms with Crippen LogP contribution in [0.2, 0.25) is 0 Å². The molecule has 12 nitrogen and oxygen atoms in total. The van der Waals surface area contributed by atoms with Gasteiger partial charge in [0.1, 0.15) is 12.6 Å². The maximum absolute atomic E-state index is 15.0. The van der Waals surface area contributed by atoms with E-state index in [2.05, 4.69) is 5.32 Å². The highest BCUT2D eigenvalue weighted by molar-refractivity contribution is 6.12. The van der Waals surface area contributed by atoms with Gasteiger partial charge in [0.25, 0.3) is 17.7 Å². The van der Waals surface area contributed by atoms with Crippen LogP contribution in [0.3, 0.4) is 0 Å². The van der Waals surface area contributed by atoms with E-state index >= 15 is 0 Å². The number of amides is 3. The second-order valence-electron chi connectivity index (χ2n) is 13.6. The zero-order chi connectivity index (χ0) is 36.9. The van der Waals surface area contributed by atoms with Crippen molar-refractivity contribution in [2.75, 3.05) is 13.7 Å². The molecule has 0 bridgehead atoms. The van der Waals surface area contributed by atoms with E-state index in [1.165, 1.54) is 23.8 Å². The number of Topliss-reactive ketones (excluding diaryl/α,β-unsaturated/α-hetero) is 1. The van der Waals surface area contributed by atoms with Crippen LogP contribution in [0.15, 0.2) is 96.4 Å². The number of ketones is 1. The van der Waals surface area contributed by atoms with Gasteiger partial charge in [0, 0.05) is 18.3 Å². The van der Waals surface area contributed by atoms with Crippen molar-refractivity contribution in [1.82, 2.24) is 15.1 Å². The van der Waals surface area contributed by atoms with Gasteiger partial charge in [-0.05, 0) is 44.2 Å². The Morgan fingerprint density at radius 1 is 1.00 bits per heavy atom. The minimum absolute atomic E-state index is 0.0309. The molecule has 3 atom stereocenters. The number of carbonyl (C=O) groups excluding carboxylic acids is 5. The van der Waals surface area contributed by atoms with Crippen LogP contribution in [0.25, 0.3) is 5.70 Å². The monoisotopic (exact) mass is 694 g/mol. The van der Waals surface area contributed by atoms with Gasteiger partial charge in [-0.15, -0.1) is 0 Å². The molecule has 1 aromatic heterocycles.